The number of allylic oxidation sites excluding steroid dienone is 1. The van der Waals surface area contributed by atoms with Crippen LogP contribution in [0.25, 0.3) is 0 Å². The number of halogens is 1. The summed E-state index contributed by atoms with van der Waals surface area (Å²) in [6.07, 6.45) is 0. The SMILES string of the molecule is CC1=CSC(Cl)N1CC(=O)O.[H-].[Na+]. The van der Waals surface area contributed by atoms with Gasteiger partial charge in [0.1, 0.15) is 6.54 Å². The number of carboxylic acids is 1. The summed E-state index contributed by atoms with van der Waals surface area (Å²) in [6, 6.07) is 0. The summed E-state index contributed by atoms with van der Waals surface area (Å²) in [4.78, 5) is 11.7. The number of aliphatic carboxylic acids is 1. The van der Waals surface area contributed by atoms with Crippen LogP contribution in [0.5, 0.6) is 0 Å². The van der Waals surface area contributed by atoms with Gasteiger partial charge in [-0.25, -0.2) is 0 Å². The minimum absolute atomic E-state index is 0. The van der Waals surface area contributed by atoms with Crippen molar-refractivity contribution in [1.29, 1.82) is 0 Å². The van der Waals surface area contributed by atoms with Gasteiger partial charge in [-0.3, -0.25) is 4.79 Å². The second-order valence-corrected chi connectivity index (χ2v) is 3.84. The van der Waals surface area contributed by atoms with Crippen LogP contribution in [0.4, 0.5) is 0 Å². The van der Waals surface area contributed by atoms with E-state index in [0.717, 1.165) is 5.70 Å². The number of carboxylic acid groups (broad SMARTS) is 1. The minimum atomic E-state index is -0.856. The Kier molecular flexibility index (Phi) is 5.69. The predicted molar refractivity (Wildman–Crippen MR) is 46.4 cm³/mol. The summed E-state index contributed by atoms with van der Waals surface area (Å²) in [5, 5.41) is 10.3. The molecule has 0 spiro atoms. The van der Waals surface area contributed by atoms with E-state index >= 15 is 0 Å². The van der Waals surface area contributed by atoms with E-state index in [4.69, 9.17) is 16.7 Å². The van der Waals surface area contributed by atoms with Crippen LogP contribution in [0.3, 0.4) is 0 Å². The molecule has 1 heterocycles. The number of carbonyl (C=O) groups is 1. The molecular weight excluding hydrogens is 209 g/mol. The summed E-state index contributed by atoms with van der Waals surface area (Å²) in [5.41, 5.74) is 0.914. The van der Waals surface area contributed by atoms with Gasteiger partial charge in [-0.1, -0.05) is 23.4 Å². The molecule has 64 valence electrons. The van der Waals surface area contributed by atoms with Crippen LogP contribution in [-0.4, -0.2) is 27.4 Å². The van der Waals surface area contributed by atoms with E-state index in [2.05, 4.69) is 0 Å². The van der Waals surface area contributed by atoms with E-state index in [1.54, 1.807) is 4.90 Å². The standard InChI is InChI=1S/C6H8ClNO2S.Na.H/c1-4-3-11-6(7)8(4)2-5(9)10;;/h3,6H,2H2,1H3,(H,9,10);;/q;+1;-1. The van der Waals surface area contributed by atoms with Crippen LogP contribution in [0.2, 0.25) is 0 Å². The van der Waals surface area contributed by atoms with Gasteiger partial charge in [0.2, 0.25) is 0 Å². The van der Waals surface area contributed by atoms with Crippen molar-refractivity contribution in [3.8, 4) is 0 Å². The molecule has 1 unspecified atom stereocenters. The van der Waals surface area contributed by atoms with Gasteiger partial charge in [0, 0.05) is 5.70 Å². The van der Waals surface area contributed by atoms with Crippen molar-refractivity contribution in [3.63, 3.8) is 0 Å². The molecule has 3 nitrogen and oxygen atoms in total. The molecule has 1 aliphatic rings. The Morgan fingerprint density at radius 2 is 2.58 bits per heavy atom. The maximum absolute atomic E-state index is 10.3. The first-order valence-electron chi connectivity index (χ1n) is 3.06. The van der Waals surface area contributed by atoms with Gasteiger partial charge in [-0.2, -0.15) is 0 Å². The third-order valence-electron chi connectivity index (χ3n) is 1.35. The first-order valence-corrected chi connectivity index (χ1v) is 4.44. The largest absolute Gasteiger partial charge is 1.00 e. The number of rotatable bonds is 2. The Morgan fingerprint density at radius 1 is 2.00 bits per heavy atom. The van der Waals surface area contributed by atoms with Crippen LogP contribution in [0.15, 0.2) is 11.1 Å². The molecule has 0 bridgehead atoms. The quantitative estimate of drug-likeness (QED) is 0.352. The monoisotopic (exact) mass is 217 g/mol. The molecule has 0 amide bonds. The number of hydrogen-bond donors (Lipinski definition) is 1. The zero-order valence-corrected chi connectivity index (χ0v) is 10.5. The molecule has 0 aliphatic carbocycles. The molecule has 12 heavy (non-hydrogen) atoms. The van der Waals surface area contributed by atoms with Crippen LogP contribution in [0, 0.1) is 0 Å². The average molecular weight is 218 g/mol. The Morgan fingerprint density at radius 3 is 2.92 bits per heavy atom. The van der Waals surface area contributed by atoms with Crippen LogP contribution >= 0.6 is 23.4 Å². The molecular formula is C6H9ClNNaO2S. The van der Waals surface area contributed by atoms with Crippen molar-refractivity contribution >= 4 is 29.3 Å². The van der Waals surface area contributed by atoms with Gasteiger partial charge in [-0.05, 0) is 12.3 Å². The van der Waals surface area contributed by atoms with Crippen molar-refractivity contribution < 1.29 is 40.9 Å². The van der Waals surface area contributed by atoms with E-state index in [9.17, 15) is 4.79 Å². The van der Waals surface area contributed by atoms with Crippen molar-refractivity contribution in [3.05, 3.63) is 11.1 Å². The van der Waals surface area contributed by atoms with E-state index < -0.39 is 5.97 Å². The van der Waals surface area contributed by atoms with E-state index in [0.29, 0.717) is 0 Å². The van der Waals surface area contributed by atoms with Crippen molar-refractivity contribution in [2.24, 2.45) is 0 Å². The predicted octanol–water partition coefficient (Wildman–Crippen LogP) is -1.38. The fourth-order valence-corrected chi connectivity index (χ4v) is 2.01. The van der Waals surface area contributed by atoms with Crippen molar-refractivity contribution in [1.82, 2.24) is 4.90 Å². The molecule has 0 radical (unpaired) electrons. The molecule has 1 atom stereocenters. The number of alkyl halides is 1. The second-order valence-electron chi connectivity index (χ2n) is 2.21. The first-order chi connectivity index (χ1) is 5.11. The maximum atomic E-state index is 10.3. The minimum Gasteiger partial charge on any atom is -1.00 e. The average Bonchev–Trinajstić information content (AvgIpc) is 2.18. The van der Waals surface area contributed by atoms with Gasteiger partial charge >= 0.3 is 35.5 Å². The normalized spacial score (nSPS) is 21.7. The molecule has 1 rings (SSSR count). The van der Waals surface area contributed by atoms with Gasteiger partial charge in [-0.15, -0.1) is 0 Å². The van der Waals surface area contributed by atoms with Crippen molar-refractivity contribution in [2.45, 2.75) is 11.8 Å². The van der Waals surface area contributed by atoms with Gasteiger partial charge in [0.05, 0.1) is 0 Å². The molecule has 0 aromatic heterocycles. The third-order valence-corrected chi connectivity index (χ3v) is 2.86. The Bertz CT molecular complexity index is 217. The maximum Gasteiger partial charge on any atom is 1.00 e. The zero-order chi connectivity index (χ0) is 8.43. The number of nitrogens with zero attached hydrogens (tertiary/aromatic N) is 1. The molecule has 0 saturated heterocycles. The van der Waals surface area contributed by atoms with Crippen molar-refractivity contribution in [2.75, 3.05) is 6.54 Å². The Balaban J connectivity index is 0. The second kappa shape index (κ2) is 5.40. The van der Waals surface area contributed by atoms with Gasteiger partial charge in [0.25, 0.3) is 0 Å². The van der Waals surface area contributed by atoms with Gasteiger partial charge in [0.15, 0.2) is 4.83 Å². The van der Waals surface area contributed by atoms with Gasteiger partial charge < -0.3 is 11.4 Å². The summed E-state index contributed by atoms with van der Waals surface area (Å²) in [7, 11) is 0. The van der Waals surface area contributed by atoms with E-state index in [1.165, 1.54) is 11.8 Å². The third kappa shape index (κ3) is 3.18. The van der Waals surface area contributed by atoms with E-state index in [-0.39, 0.29) is 42.4 Å². The summed E-state index contributed by atoms with van der Waals surface area (Å²) in [6.45, 7) is 1.82. The fraction of sp³-hybridized carbons (Fsp3) is 0.500. The summed E-state index contributed by atoms with van der Waals surface area (Å²) < 4.78 is 0. The summed E-state index contributed by atoms with van der Waals surface area (Å²) in [5.74, 6) is -0.856. The van der Waals surface area contributed by atoms with Crippen LogP contribution < -0.4 is 29.6 Å². The molecule has 0 saturated carbocycles. The Hall–Kier alpha value is 0.650. The van der Waals surface area contributed by atoms with E-state index in [1.807, 2.05) is 12.3 Å². The topological polar surface area (TPSA) is 40.5 Å². The fourth-order valence-electron chi connectivity index (χ4n) is 0.798. The Labute approximate surface area is 104 Å². The molecule has 1 aliphatic heterocycles. The van der Waals surface area contributed by atoms with Crippen LogP contribution in [0.1, 0.15) is 8.35 Å². The first kappa shape index (κ1) is 12.7. The van der Waals surface area contributed by atoms with Crippen LogP contribution in [-0.2, 0) is 4.79 Å². The number of hydrogen-bond acceptors (Lipinski definition) is 3. The molecule has 0 aromatic rings. The molecule has 1 N–H and O–H groups in total. The zero-order valence-electron chi connectivity index (χ0n) is 7.95. The number of thioether (sulfide) groups is 1. The smallest absolute Gasteiger partial charge is 1.00 e. The molecule has 0 fully saturated rings. The summed E-state index contributed by atoms with van der Waals surface area (Å²) >= 11 is 7.21. The molecule has 6 heteroatoms. The molecule has 0 aromatic carbocycles.